The van der Waals surface area contributed by atoms with Gasteiger partial charge in [-0.05, 0) is 45.7 Å². The fourth-order valence-electron chi connectivity index (χ4n) is 4.17. The molecule has 0 spiro atoms. The predicted molar refractivity (Wildman–Crippen MR) is 121 cm³/mol. The molecule has 2 atom stereocenters. The largest absolute Gasteiger partial charge is 0.479 e. The van der Waals surface area contributed by atoms with Gasteiger partial charge in [0.2, 0.25) is 0 Å². The van der Waals surface area contributed by atoms with Crippen LogP contribution in [0.3, 0.4) is 0 Å². The first kappa shape index (κ1) is 21.7. The highest BCUT2D eigenvalue weighted by Crippen LogP contribution is 2.35. The molecule has 0 saturated carbocycles. The molecule has 1 aromatic carbocycles. The second-order valence-corrected chi connectivity index (χ2v) is 10.1. The van der Waals surface area contributed by atoms with Crippen LogP contribution in [0, 0.1) is 0 Å². The van der Waals surface area contributed by atoms with E-state index in [-0.39, 0.29) is 23.4 Å². The topological polar surface area (TPSA) is 76.5 Å². The summed E-state index contributed by atoms with van der Waals surface area (Å²) in [6.07, 6.45) is 2.64. The number of carbonyl (C=O) groups excluding carboxylic acids is 2. The van der Waals surface area contributed by atoms with Gasteiger partial charge < -0.3 is 15.0 Å². The summed E-state index contributed by atoms with van der Waals surface area (Å²) in [5.41, 5.74) is 1.37. The summed E-state index contributed by atoms with van der Waals surface area (Å²) >= 11 is 1.65. The number of para-hydroxylation sites is 1. The maximum atomic E-state index is 13.0. The fourth-order valence-corrected chi connectivity index (χ4v) is 5.14. The summed E-state index contributed by atoms with van der Waals surface area (Å²) in [6, 6.07) is 7.73. The monoisotopic (exact) mass is 442 g/mol. The Morgan fingerprint density at radius 2 is 2.06 bits per heavy atom. The Bertz CT molecular complexity index is 981. The molecule has 7 nitrogen and oxygen atoms in total. The zero-order chi connectivity index (χ0) is 22.2. The Kier molecular flexibility index (Phi) is 6.01. The Morgan fingerprint density at radius 1 is 1.29 bits per heavy atom. The number of amides is 2. The molecule has 8 heteroatoms. The lowest BCUT2D eigenvalue weighted by atomic mass is 10.1. The van der Waals surface area contributed by atoms with E-state index in [1.165, 1.54) is 0 Å². The molecule has 166 valence electrons. The van der Waals surface area contributed by atoms with Crippen LogP contribution >= 0.6 is 11.8 Å². The molecule has 4 rings (SSSR count). The molecule has 1 saturated heterocycles. The van der Waals surface area contributed by atoms with Crippen molar-refractivity contribution in [1.82, 2.24) is 20.0 Å². The van der Waals surface area contributed by atoms with Crippen LogP contribution in [0.1, 0.15) is 50.2 Å². The van der Waals surface area contributed by atoms with Crippen LogP contribution in [-0.2, 0) is 16.8 Å². The normalized spacial score (nSPS) is 20.8. The number of rotatable bonds is 4. The zero-order valence-electron chi connectivity index (χ0n) is 18.6. The standard InChI is InChI=1S/C23H30N4O3S/c1-5-17-16(12-24-27(17)23(2,3)4)21(28)25-15-10-11-26(13-15)22(29)19-14-31-20-9-7-6-8-18(20)30-19/h6-9,12,15,19H,5,10-11,13-14H2,1-4H3,(H,25,28)/t15-,19?/m1/s1. The number of aromatic nitrogens is 2. The lowest BCUT2D eigenvalue weighted by Crippen LogP contribution is -2.45. The van der Waals surface area contributed by atoms with Gasteiger partial charge in [-0.3, -0.25) is 14.3 Å². The Hall–Kier alpha value is -2.48. The molecule has 1 fully saturated rings. The van der Waals surface area contributed by atoms with Crippen molar-refractivity contribution in [3.8, 4) is 5.75 Å². The van der Waals surface area contributed by atoms with Gasteiger partial charge in [-0.15, -0.1) is 11.8 Å². The first-order valence-corrected chi connectivity index (χ1v) is 11.8. The second-order valence-electron chi connectivity index (χ2n) is 9.05. The van der Waals surface area contributed by atoms with Crippen molar-refractivity contribution < 1.29 is 14.3 Å². The van der Waals surface area contributed by atoms with E-state index < -0.39 is 6.10 Å². The number of hydrogen-bond donors (Lipinski definition) is 1. The zero-order valence-corrected chi connectivity index (χ0v) is 19.4. The van der Waals surface area contributed by atoms with E-state index in [0.717, 1.165) is 29.2 Å². The lowest BCUT2D eigenvalue weighted by molar-refractivity contribution is -0.136. The number of nitrogens with one attached hydrogen (secondary N) is 1. The summed E-state index contributed by atoms with van der Waals surface area (Å²) in [4.78, 5) is 28.8. The average Bonchev–Trinajstić information content (AvgIpc) is 3.39. The molecular formula is C23H30N4O3S. The quantitative estimate of drug-likeness (QED) is 0.788. The summed E-state index contributed by atoms with van der Waals surface area (Å²) in [5.74, 6) is 1.25. The molecule has 2 aliphatic rings. The maximum absolute atomic E-state index is 13.0. The predicted octanol–water partition coefficient (Wildman–Crippen LogP) is 3.08. The van der Waals surface area contributed by atoms with Gasteiger partial charge in [-0.2, -0.15) is 5.10 Å². The van der Waals surface area contributed by atoms with Gasteiger partial charge in [0.15, 0.2) is 6.10 Å². The molecule has 1 aromatic heterocycles. The first-order valence-electron chi connectivity index (χ1n) is 10.8. The first-order chi connectivity index (χ1) is 14.8. The van der Waals surface area contributed by atoms with Crippen LogP contribution in [-0.4, -0.2) is 57.5 Å². The van der Waals surface area contributed by atoms with Crippen molar-refractivity contribution >= 4 is 23.6 Å². The Morgan fingerprint density at radius 3 is 2.81 bits per heavy atom. The van der Waals surface area contributed by atoms with Gasteiger partial charge in [0.25, 0.3) is 11.8 Å². The minimum atomic E-state index is -0.480. The van der Waals surface area contributed by atoms with Crippen LogP contribution in [0.2, 0.25) is 0 Å². The molecular weight excluding hydrogens is 412 g/mol. The molecule has 3 heterocycles. The van der Waals surface area contributed by atoms with Crippen molar-refractivity contribution in [2.75, 3.05) is 18.8 Å². The summed E-state index contributed by atoms with van der Waals surface area (Å²) in [7, 11) is 0. The van der Waals surface area contributed by atoms with E-state index in [1.54, 1.807) is 18.0 Å². The van der Waals surface area contributed by atoms with Gasteiger partial charge in [-0.1, -0.05) is 19.1 Å². The van der Waals surface area contributed by atoms with Crippen LogP contribution in [0.15, 0.2) is 35.4 Å². The van der Waals surface area contributed by atoms with Gasteiger partial charge in [0.05, 0.1) is 23.0 Å². The van der Waals surface area contributed by atoms with E-state index in [2.05, 4.69) is 31.2 Å². The minimum absolute atomic E-state index is 0.00597. The van der Waals surface area contributed by atoms with Crippen molar-refractivity contribution in [3.05, 3.63) is 41.7 Å². The third-order valence-electron chi connectivity index (χ3n) is 5.70. The Balaban J connectivity index is 1.37. The number of likely N-dealkylation sites (tertiary alicyclic amines) is 1. The number of benzene rings is 1. The number of ether oxygens (including phenoxy) is 1. The number of thioether (sulfide) groups is 1. The van der Waals surface area contributed by atoms with Crippen LogP contribution in [0.25, 0.3) is 0 Å². The van der Waals surface area contributed by atoms with Gasteiger partial charge in [0.1, 0.15) is 5.75 Å². The molecule has 2 aromatic rings. The molecule has 31 heavy (non-hydrogen) atoms. The number of fused-ring (bicyclic) bond motifs is 1. The van der Waals surface area contributed by atoms with E-state index >= 15 is 0 Å². The highest BCUT2D eigenvalue weighted by atomic mass is 32.2. The lowest BCUT2D eigenvalue weighted by Gasteiger charge is -2.28. The second kappa shape index (κ2) is 8.57. The third-order valence-corrected chi connectivity index (χ3v) is 6.82. The number of nitrogens with zero attached hydrogens (tertiary/aromatic N) is 3. The van der Waals surface area contributed by atoms with Gasteiger partial charge in [0, 0.05) is 29.8 Å². The average molecular weight is 443 g/mol. The number of hydrogen-bond acceptors (Lipinski definition) is 5. The van der Waals surface area contributed by atoms with E-state index in [1.807, 2.05) is 40.8 Å². The summed E-state index contributed by atoms with van der Waals surface area (Å²) < 4.78 is 7.87. The fraction of sp³-hybridized carbons (Fsp3) is 0.522. The van der Waals surface area contributed by atoms with E-state index in [9.17, 15) is 9.59 Å². The third kappa shape index (κ3) is 4.44. The summed E-state index contributed by atoms with van der Waals surface area (Å²) in [5, 5.41) is 7.56. The molecule has 0 radical (unpaired) electrons. The smallest absolute Gasteiger partial charge is 0.264 e. The highest BCUT2D eigenvalue weighted by molar-refractivity contribution is 7.99. The van der Waals surface area contributed by atoms with Crippen molar-refractivity contribution in [2.45, 2.75) is 63.1 Å². The van der Waals surface area contributed by atoms with Crippen molar-refractivity contribution in [3.63, 3.8) is 0 Å². The summed E-state index contributed by atoms with van der Waals surface area (Å²) in [6.45, 7) is 9.39. The molecule has 2 amide bonds. The minimum Gasteiger partial charge on any atom is -0.479 e. The molecule has 0 aliphatic carbocycles. The number of carbonyl (C=O) groups is 2. The van der Waals surface area contributed by atoms with Gasteiger partial charge in [-0.25, -0.2) is 0 Å². The molecule has 1 N–H and O–H groups in total. The van der Waals surface area contributed by atoms with Crippen LogP contribution < -0.4 is 10.1 Å². The highest BCUT2D eigenvalue weighted by Gasteiger charge is 2.35. The molecule has 1 unspecified atom stereocenters. The van der Waals surface area contributed by atoms with Crippen molar-refractivity contribution in [1.29, 1.82) is 0 Å². The van der Waals surface area contributed by atoms with Crippen LogP contribution in [0.5, 0.6) is 5.75 Å². The van der Waals surface area contributed by atoms with Crippen molar-refractivity contribution in [2.24, 2.45) is 0 Å². The van der Waals surface area contributed by atoms with Gasteiger partial charge >= 0.3 is 0 Å². The maximum Gasteiger partial charge on any atom is 0.264 e. The molecule has 0 bridgehead atoms. The van der Waals surface area contributed by atoms with Crippen LogP contribution in [0.4, 0.5) is 0 Å². The Labute approximate surface area is 187 Å². The van der Waals surface area contributed by atoms with E-state index in [4.69, 9.17) is 4.74 Å². The SMILES string of the molecule is CCc1c(C(=O)N[C@@H]2CCN(C(=O)C3CSc4ccccc4O3)C2)cnn1C(C)(C)C. The molecule has 2 aliphatic heterocycles. The van der Waals surface area contributed by atoms with E-state index in [0.29, 0.717) is 24.4 Å².